The molecule has 1 unspecified atom stereocenters. The summed E-state index contributed by atoms with van der Waals surface area (Å²) in [6.07, 6.45) is 0.777. The number of carbonyl (C=O) groups is 2. The van der Waals surface area contributed by atoms with Crippen molar-refractivity contribution >= 4 is 45.2 Å². The first kappa shape index (κ1) is 28.9. The van der Waals surface area contributed by atoms with Gasteiger partial charge in [-0.25, -0.2) is 9.78 Å². The van der Waals surface area contributed by atoms with Gasteiger partial charge in [-0.2, -0.15) is 0 Å². The Kier molecular flexibility index (Phi) is 7.24. The number of nitrogens with zero attached hydrogens (tertiary/aromatic N) is 2. The zero-order chi connectivity index (χ0) is 30.7. The van der Waals surface area contributed by atoms with Crippen LogP contribution >= 0.6 is 0 Å². The van der Waals surface area contributed by atoms with Crippen LogP contribution in [0.5, 0.6) is 0 Å². The molecule has 6 rings (SSSR count). The van der Waals surface area contributed by atoms with E-state index in [1.165, 1.54) is 12.7 Å². The van der Waals surface area contributed by atoms with Crippen molar-refractivity contribution in [1.82, 2.24) is 19.9 Å². The van der Waals surface area contributed by atoms with Crippen LogP contribution in [0.3, 0.4) is 0 Å². The second-order valence-corrected chi connectivity index (χ2v) is 11.8. The van der Waals surface area contributed by atoms with Gasteiger partial charge in [0.1, 0.15) is 12.2 Å². The number of rotatable bonds is 5. The molecule has 0 amide bonds. The molecule has 3 aromatic rings. The number of ether oxygens (including phenoxy) is 2. The van der Waals surface area contributed by atoms with E-state index in [0.29, 0.717) is 23.4 Å². The molecule has 3 aliphatic rings. The van der Waals surface area contributed by atoms with Crippen molar-refractivity contribution in [3.8, 4) is 0 Å². The van der Waals surface area contributed by atoms with E-state index in [2.05, 4.69) is 36.8 Å². The van der Waals surface area contributed by atoms with E-state index >= 15 is 0 Å². The van der Waals surface area contributed by atoms with Gasteiger partial charge in [-0.1, -0.05) is 13.8 Å². The summed E-state index contributed by atoms with van der Waals surface area (Å²) in [7, 11) is 1.38. The molecule has 9 nitrogen and oxygen atoms in total. The highest BCUT2D eigenvalue weighted by Crippen LogP contribution is 2.45. The molecule has 3 atom stereocenters. The Morgan fingerprint density at radius 2 is 1.81 bits per heavy atom. The number of hydrogen-bond acceptors (Lipinski definition) is 7. The second kappa shape index (κ2) is 10.8. The van der Waals surface area contributed by atoms with Gasteiger partial charge >= 0.3 is 11.9 Å². The van der Waals surface area contributed by atoms with Crippen molar-refractivity contribution in [3.63, 3.8) is 0 Å². The average molecular weight is 583 g/mol. The predicted molar refractivity (Wildman–Crippen MR) is 166 cm³/mol. The Morgan fingerprint density at radius 1 is 1.09 bits per heavy atom. The number of H-pyrrole nitrogens is 2. The number of cyclic esters (lactones) is 1. The van der Waals surface area contributed by atoms with E-state index in [1.807, 2.05) is 26.0 Å². The van der Waals surface area contributed by atoms with Crippen LogP contribution in [0.4, 0.5) is 0 Å². The highest BCUT2D eigenvalue weighted by Gasteiger charge is 2.38. The Labute approximate surface area is 250 Å². The number of hydrogen-bond donors (Lipinski definition) is 3. The fourth-order valence-electron chi connectivity index (χ4n) is 6.87. The first-order valence-corrected chi connectivity index (χ1v) is 14.9. The Balaban J connectivity index is 1.77. The molecule has 43 heavy (non-hydrogen) atoms. The molecule has 224 valence electrons. The average Bonchev–Trinajstić information content (AvgIpc) is 3.64. The van der Waals surface area contributed by atoms with Gasteiger partial charge in [0.15, 0.2) is 0 Å². The molecule has 0 saturated heterocycles. The maximum absolute atomic E-state index is 13.5. The van der Waals surface area contributed by atoms with Gasteiger partial charge in [0.25, 0.3) is 0 Å². The fraction of sp³-hybridized carbons (Fsp3) is 0.412. The molecular weight excluding hydrogens is 544 g/mol. The maximum atomic E-state index is 13.5. The number of allylic oxidation sites excluding steroid dienone is 1. The number of aromatic amines is 2. The third-order valence-corrected chi connectivity index (χ3v) is 9.41. The van der Waals surface area contributed by atoms with E-state index < -0.39 is 12.1 Å². The van der Waals surface area contributed by atoms with Gasteiger partial charge in [-0.3, -0.25) is 9.78 Å². The van der Waals surface area contributed by atoms with Gasteiger partial charge in [-0.15, -0.1) is 0 Å². The summed E-state index contributed by atoms with van der Waals surface area (Å²) in [4.78, 5) is 42.9. The highest BCUT2D eigenvalue weighted by atomic mass is 16.5. The summed E-state index contributed by atoms with van der Waals surface area (Å²) in [5, 5.41) is 10.8. The first-order valence-electron chi connectivity index (χ1n) is 14.9. The molecule has 3 aromatic heterocycles. The standard InChI is InChI=1S/C34H38N4O5/c1-8-20-15(2)23-13-28-30(19(6)39)18(5)26(36-28)11-24-16(3)21(9-10-29(40)42-7)32(37-24)31-33-22(14-43-34(31)41)17(4)25(38-33)12-27(20)35-23/h11-13,16,19,21,35-36,39H,8-10,14H2,1-7H3/t16-,19?,21-/m0/s1. The molecule has 0 aromatic carbocycles. The smallest absolute Gasteiger partial charge is 0.342 e. The van der Waals surface area contributed by atoms with Gasteiger partial charge in [0, 0.05) is 57.2 Å². The Hall–Kier alpha value is -4.24. The van der Waals surface area contributed by atoms with Gasteiger partial charge < -0.3 is 24.5 Å². The number of carbonyl (C=O) groups excluding carboxylic acids is 2. The van der Waals surface area contributed by atoms with Crippen molar-refractivity contribution in [1.29, 1.82) is 0 Å². The minimum absolute atomic E-state index is 0.104. The number of esters is 2. The maximum Gasteiger partial charge on any atom is 0.342 e. The van der Waals surface area contributed by atoms with Crippen LogP contribution in [0.25, 0.3) is 33.2 Å². The molecule has 3 N–H and O–H groups in total. The van der Waals surface area contributed by atoms with Gasteiger partial charge in [0.2, 0.25) is 0 Å². The number of aliphatic hydroxyl groups is 1. The monoisotopic (exact) mass is 582 g/mol. The Morgan fingerprint density at radius 3 is 2.51 bits per heavy atom. The molecule has 9 heteroatoms. The third kappa shape index (κ3) is 4.66. The lowest BCUT2D eigenvalue weighted by Gasteiger charge is -2.20. The molecule has 8 bridgehead atoms. The number of fused-ring (bicyclic) bond motifs is 8. The summed E-state index contributed by atoms with van der Waals surface area (Å²) in [5.41, 5.74) is 12.6. The number of nitrogens with one attached hydrogen (secondary N) is 2. The number of methoxy groups -OCH3 is 1. The molecule has 0 saturated carbocycles. The van der Waals surface area contributed by atoms with Crippen LogP contribution in [0.15, 0.2) is 18.2 Å². The molecule has 3 aliphatic heterocycles. The van der Waals surface area contributed by atoms with Gasteiger partial charge in [-0.05, 0) is 81.0 Å². The van der Waals surface area contributed by atoms with Crippen molar-refractivity contribution in [3.05, 3.63) is 68.8 Å². The normalized spacial score (nSPS) is 18.6. The minimum atomic E-state index is -0.697. The van der Waals surface area contributed by atoms with E-state index in [4.69, 9.17) is 19.4 Å². The van der Waals surface area contributed by atoms with Crippen LogP contribution in [0.1, 0.15) is 114 Å². The lowest BCUT2D eigenvalue weighted by molar-refractivity contribution is -0.140. The first-order chi connectivity index (χ1) is 20.5. The predicted octanol–water partition coefficient (Wildman–Crippen LogP) is 6.49. The van der Waals surface area contributed by atoms with Crippen LogP contribution in [-0.2, 0) is 20.7 Å². The summed E-state index contributed by atoms with van der Waals surface area (Å²) in [5.74, 6) is -1.10. The summed E-state index contributed by atoms with van der Waals surface area (Å²) >= 11 is 0. The largest absolute Gasteiger partial charge is 0.469 e. The Bertz CT molecular complexity index is 1880. The van der Waals surface area contributed by atoms with E-state index in [1.54, 1.807) is 6.92 Å². The lowest BCUT2D eigenvalue weighted by Crippen LogP contribution is -2.20. The number of aromatic nitrogens is 4. The highest BCUT2D eigenvalue weighted by molar-refractivity contribution is 6.05. The quantitative estimate of drug-likeness (QED) is 0.293. The van der Waals surface area contributed by atoms with Crippen LogP contribution in [0.2, 0.25) is 0 Å². The lowest BCUT2D eigenvalue weighted by atomic mass is 9.84. The number of aryl methyl sites for hydroxylation is 3. The van der Waals surface area contributed by atoms with Crippen molar-refractivity contribution in [2.45, 2.75) is 78.7 Å². The third-order valence-electron chi connectivity index (χ3n) is 9.41. The van der Waals surface area contributed by atoms with Crippen LogP contribution in [-0.4, -0.2) is 50.7 Å². The summed E-state index contributed by atoms with van der Waals surface area (Å²) < 4.78 is 10.7. The molecule has 0 aliphatic carbocycles. The molecule has 0 spiro atoms. The van der Waals surface area contributed by atoms with Gasteiger partial charge in [0.05, 0.1) is 30.3 Å². The van der Waals surface area contributed by atoms with Crippen LogP contribution < -0.4 is 0 Å². The number of aliphatic hydroxyl groups excluding tert-OH is 1. The van der Waals surface area contributed by atoms with Crippen LogP contribution in [0, 0.1) is 13.8 Å². The molecule has 0 fully saturated rings. The van der Waals surface area contributed by atoms with E-state index in [-0.39, 0.29) is 30.8 Å². The summed E-state index contributed by atoms with van der Waals surface area (Å²) in [6, 6.07) is 6.11. The topological polar surface area (TPSA) is 130 Å². The molecule has 0 radical (unpaired) electrons. The zero-order valence-corrected chi connectivity index (χ0v) is 25.8. The SMILES string of the molecule is CCc1c(C)c2cc3[nH]c(cc4nc(c5c6nc(cc1[nH]2)C(C)=C6COC5=O)[C@@H](CCC(=O)OC)[C@@H]4C)c(C)c3C(C)O. The van der Waals surface area contributed by atoms with E-state index in [9.17, 15) is 14.7 Å². The van der Waals surface area contributed by atoms with Crippen molar-refractivity contribution in [2.75, 3.05) is 13.7 Å². The van der Waals surface area contributed by atoms with Crippen molar-refractivity contribution in [2.24, 2.45) is 0 Å². The van der Waals surface area contributed by atoms with E-state index in [0.717, 1.165) is 67.7 Å². The fourth-order valence-corrected chi connectivity index (χ4v) is 6.87. The minimum Gasteiger partial charge on any atom is -0.469 e. The zero-order valence-electron chi connectivity index (χ0n) is 25.8. The molecular formula is C34H38N4O5. The second-order valence-electron chi connectivity index (χ2n) is 11.8. The molecule has 6 heterocycles. The van der Waals surface area contributed by atoms with Crippen molar-refractivity contribution < 1.29 is 24.2 Å². The summed E-state index contributed by atoms with van der Waals surface area (Å²) in [6.45, 7) is 12.2.